The Bertz CT molecular complexity index is 635. The molecule has 1 aromatic carbocycles. The van der Waals surface area contributed by atoms with Crippen molar-refractivity contribution in [3.8, 4) is 0 Å². The maximum absolute atomic E-state index is 12.7. The van der Waals surface area contributed by atoms with Crippen LogP contribution in [0, 0.1) is 13.8 Å². The number of carbonyl (C=O) groups excluding carboxylic acids is 2. The normalized spacial score (nSPS) is 19.3. The summed E-state index contributed by atoms with van der Waals surface area (Å²) in [6.45, 7) is 10.0. The highest BCUT2D eigenvalue weighted by atomic mass is 16.2. The lowest BCUT2D eigenvalue weighted by Crippen LogP contribution is -2.48. The van der Waals surface area contributed by atoms with Gasteiger partial charge < -0.3 is 14.7 Å². The third-order valence-electron chi connectivity index (χ3n) is 5.46. The third kappa shape index (κ3) is 3.12. The highest BCUT2D eigenvalue weighted by Crippen LogP contribution is 2.23. The molecule has 5 nitrogen and oxygen atoms in total. The maximum Gasteiger partial charge on any atom is 0.320 e. The van der Waals surface area contributed by atoms with Crippen LogP contribution in [0.15, 0.2) is 18.2 Å². The number of nitrogens with zero attached hydrogens (tertiary/aromatic N) is 3. The molecule has 0 N–H and O–H groups in total. The highest BCUT2D eigenvalue weighted by molar-refractivity contribution is 5.94. The Morgan fingerprint density at radius 3 is 2.38 bits per heavy atom. The molecule has 0 spiro atoms. The molecule has 0 aromatic heterocycles. The van der Waals surface area contributed by atoms with Crippen LogP contribution in [0.4, 0.5) is 4.79 Å². The van der Waals surface area contributed by atoms with E-state index in [2.05, 4.69) is 6.92 Å². The van der Waals surface area contributed by atoms with Crippen molar-refractivity contribution in [2.75, 3.05) is 32.7 Å². The molecule has 0 radical (unpaired) electrons. The molecule has 0 aliphatic carbocycles. The van der Waals surface area contributed by atoms with Gasteiger partial charge >= 0.3 is 6.03 Å². The molecule has 0 atom stereocenters. The number of amides is 3. The number of aryl methyl sites for hydroxylation is 2. The Morgan fingerprint density at radius 1 is 1.08 bits per heavy atom. The van der Waals surface area contributed by atoms with E-state index >= 15 is 0 Å². The Hall–Kier alpha value is -2.04. The number of urea groups is 1. The van der Waals surface area contributed by atoms with Crippen molar-refractivity contribution in [2.45, 2.75) is 39.7 Å². The maximum atomic E-state index is 12.7. The number of hydrogen-bond acceptors (Lipinski definition) is 2. The van der Waals surface area contributed by atoms with Crippen molar-refractivity contribution in [1.82, 2.24) is 14.7 Å². The summed E-state index contributed by atoms with van der Waals surface area (Å²) in [5.74, 6) is 0.111. The minimum absolute atomic E-state index is 0.111. The second kappa shape index (κ2) is 6.83. The van der Waals surface area contributed by atoms with Crippen molar-refractivity contribution >= 4 is 11.9 Å². The quantitative estimate of drug-likeness (QED) is 0.856. The van der Waals surface area contributed by atoms with Crippen molar-refractivity contribution in [3.05, 3.63) is 34.9 Å². The molecule has 2 fully saturated rings. The molecule has 2 aliphatic heterocycles. The summed E-state index contributed by atoms with van der Waals surface area (Å²) in [6.07, 6.45) is 1.75. The lowest BCUT2D eigenvalue weighted by molar-refractivity contribution is 0.0663. The number of piperidine rings is 1. The van der Waals surface area contributed by atoms with Gasteiger partial charge in [-0.15, -0.1) is 0 Å². The summed E-state index contributed by atoms with van der Waals surface area (Å²) in [7, 11) is 0. The van der Waals surface area contributed by atoms with Crippen LogP contribution in [0.3, 0.4) is 0 Å². The molecule has 5 heteroatoms. The first-order chi connectivity index (χ1) is 11.5. The van der Waals surface area contributed by atoms with Gasteiger partial charge in [-0.1, -0.05) is 6.07 Å². The van der Waals surface area contributed by atoms with Crippen LogP contribution in [0.2, 0.25) is 0 Å². The molecule has 1 aromatic rings. The van der Waals surface area contributed by atoms with Crippen molar-refractivity contribution in [1.29, 1.82) is 0 Å². The fourth-order valence-electron chi connectivity index (χ4n) is 3.67. The average molecular weight is 329 g/mol. The van der Waals surface area contributed by atoms with Gasteiger partial charge in [0.15, 0.2) is 0 Å². The van der Waals surface area contributed by atoms with E-state index in [9.17, 15) is 9.59 Å². The molecule has 0 saturated carbocycles. The topological polar surface area (TPSA) is 43.9 Å². The molecule has 3 rings (SSSR count). The molecule has 24 heavy (non-hydrogen) atoms. The zero-order valence-electron chi connectivity index (χ0n) is 14.9. The number of likely N-dealkylation sites (N-methyl/N-ethyl adjacent to an activating group) is 1. The second-order valence-electron chi connectivity index (χ2n) is 6.88. The van der Waals surface area contributed by atoms with Gasteiger partial charge in [-0.05, 0) is 56.9 Å². The second-order valence-corrected chi connectivity index (χ2v) is 6.88. The summed E-state index contributed by atoms with van der Waals surface area (Å²) in [5, 5.41) is 0. The molecular formula is C19H27N3O2. The van der Waals surface area contributed by atoms with Gasteiger partial charge in [-0.3, -0.25) is 4.79 Å². The van der Waals surface area contributed by atoms with E-state index < -0.39 is 0 Å². The molecule has 0 unspecified atom stereocenters. The fourth-order valence-corrected chi connectivity index (χ4v) is 3.67. The van der Waals surface area contributed by atoms with Gasteiger partial charge in [0, 0.05) is 44.3 Å². The third-order valence-corrected chi connectivity index (χ3v) is 5.46. The van der Waals surface area contributed by atoms with Gasteiger partial charge in [-0.25, -0.2) is 4.79 Å². The minimum Gasteiger partial charge on any atom is -0.338 e. The van der Waals surface area contributed by atoms with E-state index in [-0.39, 0.29) is 18.0 Å². The van der Waals surface area contributed by atoms with Crippen LogP contribution in [-0.4, -0.2) is 65.4 Å². The van der Waals surface area contributed by atoms with Gasteiger partial charge in [-0.2, -0.15) is 0 Å². The van der Waals surface area contributed by atoms with Gasteiger partial charge in [0.05, 0.1) is 0 Å². The van der Waals surface area contributed by atoms with Crippen molar-refractivity contribution in [2.24, 2.45) is 0 Å². The molecule has 130 valence electrons. The van der Waals surface area contributed by atoms with E-state index in [0.717, 1.165) is 56.7 Å². The number of rotatable bonds is 3. The Kier molecular flexibility index (Phi) is 4.78. The standard InChI is InChI=1S/C19H27N3O2/c1-4-20-11-12-22(19(20)24)17-7-9-21(10-8-17)18(23)16-6-5-14(2)15(3)13-16/h5-6,13,17H,4,7-12H2,1-3H3. The number of carbonyl (C=O) groups is 2. The van der Waals surface area contributed by atoms with E-state index in [0.29, 0.717) is 0 Å². The largest absolute Gasteiger partial charge is 0.338 e. The van der Waals surface area contributed by atoms with Crippen molar-refractivity contribution < 1.29 is 9.59 Å². The first-order valence-electron chi connectivity index (χ1n) is 8.93. The number of likely N-dealkylation sites (tertiary alicyclic amines) is 1. The zero-order chi connectivity index (χ0) is 17.3. The van der Waals surface area contributed by atoms with E-state index in [1.807, 2.05) is 46.7 Å². The fraction of sp³-hybridized carbons (Fsp3) is 0.579. The van der Waals surface area contributed by atoms with Crippen LogP contribution >= 0.6 is 0 Å². The predicted molar refractivity (Wildman–Crippen MR) is 94.2 cm³/mol. The minimum atomic E-state index is 0.111. The van der Waals surface area contributed by atoms with E-state index in [1.165, 1.54) is 5.56 Å². The van der Waals surface area contributed by atoms with Crippen LogP contribution < -0.4 is 0 Å². The summed E-state index contributed by atoms with van der Waals surface area (Å²) >= 11 is 0. The van der Waals surface area contributed by atoms with Crippen LogP contribution in [0.1, 0.15) is 41.3 Å². The molecule has 0 bridgehead atoms. The van der Waals surface area contributed by atoms with E-state index in [1.54, 1.807) is 0 Å². The summed E-state index contributed by atoms with van der Waals surface area (Å²) in [4.78, 5) is 30.8. The van der Waals surface area contributed by atoms with Crippen LogP contribution in [-0.2, 0) is 0 Å². The zero-order valence-corrected chi connectivity index (χ0v) is 14.9. The number of benzene rings is 1. The average Bonchev–Trinajstić information content (AvgIpc) is 2.97. The first-order valence-corrected chi connectivity index (χ1v) is 8.93. The summed E-state index contributed by atoms with van der Waals surface area (Å²) in [6, 6.07) is 6.35. The molecule has 3 amide bonds. The van der Waals surface area contributed by atoms with Crippen LogP contribution in [0.5, 0.6) is 0 Å². The van der Waals surface area contributed by atoms with Crippen molar-refractivity contribution in [3.63, 3.8) is 0 Å². The smallest absolute Gasteiger partial charge is 0.320 e. The van der Waals surface area contributed by atoms with Gasteiger partial charge in [0.1, 0.15) is 0 Å². The van der Waals surface area contributed by atoms with Gasteiger partial charge in [0.25, 0.3) is 5.91 Å². The molecule has 2 aliphatic rings. The molecule has 2 saturated heterocycles. The Labute approximate surface area is 144 Å². The Balaban J connectivity index is 1.60. The molecular weight excluding hydrogens is 302 g/mol. The van der Waals surface area contributed by atoms with E-state index in [4.69, 9.17) is 0 Å². The monoisotopic (exact) mass is 329 g/mol. The number of hydrogen-bond donors (Lipinski definition) is 0. The van der Waals surface area contributed by atoms with Gasteiger partial charge in [0.2, 0.25) is 0 Å². The summed E-state index contributed by atoms with van der Waals surface area (Å²) in [5.41, 5.74) is 3.13. The molecule has 2 heterocycles. The SMILES string of the molecule is CCN1CCN(C2CCN(C(=O)c3ccc(C)c(C)c3)CC2)C1=O. The lowest BCUT2D eigenvalue weighted by Gasteiger charge is -2.36. The van der Waals surface area contributed by atoms with Crippen LogP contribution in [0.25, 0.3) is 0 Å². The summed E-state index contributed by atoms with van der Waals surface area (Å²) < 4.78 is 0. The highest BCUT2D eigenvalue weighted by Gasteiger charge is 2.35. The lowest BCUT2D eigenvalue weighted by atomic mass is 10.0. The first kappa shape index (κ1) is 16.8. The Morgan fingerprint density at radius 2 is 1.79 bits per heavy atom. The predicted octanol–water partition coefficient (Wildman–Crippen LogP) is 2.67.